The summed E-state index contributed by atoms with van der Waals surface area (Å²) in [4.78, 5) is 4.12. The van der Waals surface area contributed by atoms with E-state index in [2.05, 4.69) is 29.1 Å². The van der Waals surface area contributed by atoms with Crippen molar-refractivity contribution in [2.75, 3.05) is 0 Å². The first-order valence-electron chi connectivity index (χ1n) is 7.37. The Morgan fingerprint density at radius 1 is 1.19 bits per heavy atom. The van der Waals surface area contributed by atoms with Crippen LogP contribution in [0.5, 0.6) is 0 Å². The average Bonchev–Trinajstić information content (AvgIpc) is 3.12. The van der Waals surface area contributed by atoms with Gasteiger partial charge in [0.15, 0.2) is 0 Å². The van der Waals surface area contributed by atoms with Crippen LogP contribution in [0, 0.1) is 0 Å². The molecule has 0 aliphatic carbocycles. The van der Waals surface area contributed by atoms with Crippen molar-refractivity contribution < 1.29 is 5.11 Å². The Labute approximate surface area is 123 Å². The lowest BCUT2D eigenvalue weighted by Gasteiger charge is -2.11. The van der Waals surface area contributed by atoms with Crippen molar-refractivity contribution in [1.82, 2.24) is 19.3 Å². The van der Waals surface area contributed by atoms with E-state index in [1.165, 1.54) is 0 Å². The van der Waals surface area contributed by atoms with Crippen LogP contribution in [0.4, 0.5) is 0 Å². The Bertz CT molecular complexity index is 744. The number of benzene rings is 1. The van der Waals surface area contributed by atoms with E-state index in [0.717, 1.165) is 35.4 Å². The SMILES string of the molecule is CCn1cncc1C(O)Cc1nn(CC)c2ccccc12. The van der Waals surface area contributed by atoms with Gasteiger partial charge in [-0.15, -0.1) is 0 Å². The van der Waals surface area contributed by atoms with Gasteiger partial charge >= 0.3 is 0 Å². The molecule has 2 heterocycles. The highest BCUT2D eigenvalue weighted by Gasteiger charge is 2.17. The minimum atomic E-state index is -0.587. The minimum Gasteiger partial charge on any atom is -0.386 e. The molecule has 1 N–H and O–H groups in total. The molecule has 5 nitrogen and oxygen atoms in total. The monoisotopic (exact) mass is 284 g/mol. The van der Waals surface area contributed by atoms with Crippen LogP contribution in [0.25, 0.3) is 10.9 Å². The molecular weight excluding hydrogens is 264 g/mol. The number of nitrogens with zero attached hydrogens (tertiary/aromatic N) is 4. The standard InChI is InChI=1S/C16H20N4O/c1-3-19-11-17-10-15(19)16(21)9-13-12-7-5-6-8-14(12)20(4-2)18-13/h5-8,10-11,16,21H,3-4,9H2,1-2H3. The van der Waals surface area contributed by atoms with Crippen molar-refractivity contribution in [1.29, 1.82) is 0 Å². The maximum atomic E-state index is 10.5. The Morgan fingerprint density at radius 2 is 2.00 bits per heavy atom. The fourth-order valence-corrected chi connectivity index (χ4v) is 2.75. The summed E-state index contributed by atoms with van der Waals surface area (Å²) in [6.45, 7) is 5.74. The molecule has 0 aliphatic heterocycles. The lowest BCUT2D eigenvalue weighted by molar-refractivity contribution is 0.168. The van der Waals surface area contributed by atoms with Gasteiger partial charge in [-0.25, -0.2) is 4.98 Å². The third-order valence-corrected chi connectivity index (χ3v) is 3.85. The first-order valence-corrected chi connectivity index (χ1v) is 7.37. The lowest BCUT2D eigenvalue weighted by Crippen LogP contribution is -2.09. The largest absolute Gasteiger partial charge is 0.386 e. The molecule has 2 aromatic heterocycles. The van der Waals surface area contributed by atoms with Crippen molar-refractivity contribution >= 4 is 10.9 Å². The highest BCUT2D eigenvalue weighted by atomic mass is 16.3. The zero-order valence-electron chi connectivity index (χ0n) is 12.4. The van der Waals surface area contributed by atoms with Crippen molar-refractivity contribution in [3.05, 3.63) is 48.2 Å². The Kier molecular flexibility index (Phi) is 3.75. The van der Waals surface area contributed by atoms with E-state index >= 15 is 0 Å². The number of aliphatic hydroxyl groups is 1. The number of rotatable bonds is 5. The first kappa shape index (κ1) is 13.8. The summed E-state index contributed by atoms with van der Waals surface area (Å²) in [7, 11) is 0. The molecule has 1 aromatic carbocycles. The number of hydrogen-bond donors (Lipinski definition) is 1. The number of aliphatic hydroxyl groups excluding tert-OH is 1. The quantitative estimate of drug-likeness (QED) is 0.783. The molecule has 0 fully saturated rings. The zero-order chi connectivity index (χ0) is 14.8. The number of aryl methyl sites for hydroxylation is 2. The van der Waals surface area contributed by atoms with Gasteiger partial charge in [-0.2, -0.15) is 5.10 Å². The second-order valence-corrected chi connectivity index (χ2v) is 5.10. The Morgan fingerprint density at radius 3 is 2.76 bits per heavy atom. The summed E-state index contributed by atoms with van der Waals surface area (Å²) >= 11 is 0. The van der Waals surface area contributed by atoms with Crippen LogP contribution < -0.4 is 0 Å². The van der Waals surface area contributed by atoms with E-state index < -0.39 is 6.10 Å². The van der Waals surface area contributed by atoms with Crippen LogP contribution in [0.2, 0.25) is 0 Å². The maximum Gasteiger partial charge on any atom is 0.101 e. The van der Waals surface area contributed by atoms with Gasteiger partial charge in [0.1, 0.15) is 6.10 Å². The van der Waals surface area contributed by atoms with Gasteiger partial charge in [0.25, 0.3) is 0 Å². The molecule has 110 valence electrons. The molecule has 0 aliphatic rings. The van der Waals surface area contributed by atoms with Crippen molar-refractivity contribution in [2.24, 2.45) is 0 Å². The van der Waals surface area contributed by atoms with Crippen molar-refractivity contribution in [3.63, 3.8) is 0 Å². The summed E-state index contributed by atoms with van der Waals surface area (Å²) in [6, 6.07) is 8.16. The summed E-state index contributed by atoms with van der Waals surface area (Å²) in [5.41, 5.74) is 2.89. The molecule has 3 aromatic rings. The molecule has 0 bridgehead atoms. The Hall–Kier alpha value is -2.14. The minimum absolute atomic E-state index is 0.499. The second kappa shape index (κ2) is 5.69. The predicted octanol–water partition coefficient (Wildman–Crippen LogP) is 2.55. The van der Waals surface area contributed by atoms with Crippen LogP contribution in [0.15, 0.2) is 36.8 Å². The molecular formula is C16H20N4O. The predicted molar refractivity (Wildman–Crippen MR) is 82.0 cm³/mol. The summed E-state index contributed by atoms with van der Waals surface area (Å²) in [5, 5.41) is 16.3. The summed E-state index contributed by atoms with van der Waals surface area (Å²) in [6.07, 6.45) is 3.39. The van der Waals surface area contributed by atoms with E-state index in [4.69, 9.17) is 0 Å². The van der Waals surface area contributed by atoms with Crippen LogP contribution in [0.3, 0.4) is 0 Å². The average molecular weight is 284 g/mol. The van der Waals surface area contributed by atoms with E-state index in [-0.39, 0.29) is 0 Å². The number of hydrogen-bond acceptors (Lipinski definition) is 3. The van der Waals surface area contributed by atoms with Gasteiger partial charge in [0, 0.05) is 24.9 Å². The molecule has 1 unspecified atom stereocenters. The fourth-order valence-electron chi connectivity index (χ4n) is 2.75. The number of para-hydroxylation sites is 1. The molecule has 0 saturated heterocycles. The third-order valence-electron chi connectivity index (χ3n) is 3.85. The van der Waals surface area contributed by atoms with Crippen molar-refractivity contribution in [3.8, 4) is 0 Å². The van der Waals surface area contributed by atoms with Gasteiger partial charge in [0.2, 0.25) is 0 Å². The highest BCUT2D eigenvalue weighted by Crippen LogP contribution is 2.24. The van der Waals surface area contributed by atoms with E-state index in [0.29, 0.717) is 6.42 Å². The van der Waals surface area contributed by atoms with Crippen LogP contribution in [-0.2, 0) is 19.5 Å². The normalized spacial score (nSPS) is 12.9. The molecule has 5 heteroatoms. The van der Waals surface area contributed by atoms with E-state index in [1.54, 1.807) is 12.5 Å². The molecule has 1 atom stereocenters. The maximum absolute atomic E-state index is 10.5. The number of fused-ring (bicyclic) bond motifs is 1. The van der Waals surface area contributed by atoms with Crippen molar-refractivity contribution in [2.45, 2.75) is 39.5 Å². The summed E-state index contributed by atoms with van der Waals surface area (Å²) < 4.78 is 3.94. The van der Waals surface area contributed by atoms with Gasteiger partial charge in [-0.05, 0) is 19.9 Å². The van der Waals surface area contributed by atoms with Gasteiger partial charge < -0.3 is 9.67 Å². The van der Waals surface area contributed by atoms with E-state index in [1.807, 2.05) is 28.3 Å². The highest BCUT2D eigenvalue weighted by molar-refractivity contribution is 5.82. The number of aromatic nitrogens is 4. The van der Waals surface area contributed by atoms with Crippen LogP contribution >= 0.6 is 0 Å². The van der Waals surface area contributed by atoms with Gasteiger partial charge in [-0.3, -0.25) is 4.68 Å². The van der Waals surface area contributed by atoms with Gasteiger partial charge in [0.05, 0.1) is 29.4 Å². The second-order valence-electron chi connectivity index (χ2n) is 5.10. The third kappa shape index (κ3) is 2.45. The summed E-state index contributed by atoms with van der Waals surface area (Å²) in [5.74, 6) is 0. The lowest BCUT2D eigenvalue weighted by atomic mass is 10.1. The molecule has 0 spiro atoms. The zero-order valence-corrected chi connectivity index (χ0v) is 12.4. The fraction of sp³-hybridized carbons (Fsp3) is 0.375. The molecule has 3 rings (SSSR count). The molecule has 0 radical (unpaired) electrons. The van der Waals surface area contributed by atoms with E-state index in [9.17, 15) is 5.11 Å². The smallest absolute Gasteiger partial charge is 0.101 e. The molecule has 0 amide bonds. The number of imidazole rings is 1. The van der Waals surface area contributed by atoms with Crippen LogP contribution in [0.1, 0.15) is 31.3 Å². The Balaban J connectivity index is 1.95. The molecule has 21 heavy (non-hydrogen) atoms. The molecule has 0 saturated carbocycles. The topological polar surface area (TPSA) is 55.9 Å². The van der Waals surface area contributed by atoms with Gasteiger partial charge in [-0.1, -0.05) is 18.2 Å². The first-order chi connectivity index (χ1) is 10.2. The van der Waals surface area contributed by atoms with Crippen LogP contribution in [-0.4, -0.2) is 24.4 Å².